The van der Waals surface area contributed by atoms with E-state index in [0.29, 0.717) is 11.5 Å². The van der Waals surface area contributed by atoms with Gasteiger partial charge in [0.25, 0.3) is 5.82 Å². The van der Waals surface area contributed by atoms with Crippen LogP contribution >= 0.6 is 11.8 Å². The molecule has 1 aromatic carbocycles. The summed E-state index contributed by atoms with van der Waals surface area (Å²) in [6.45, 7) is 3.88. The molecule has 0 unspecified atom stereocenters. The normalized spacial score (nSPS) is 14.8. The molecular formula is C13H11F3N4S. The summed E-state index contributed by atoms with van der Waals surface area (Å²) in [7, 11) is 0. The van der Waals surface area contributed by atoms with Crippen LogP contribution in [0.25, 0.3) is 0 Å². The minimum Gasteiger partial charge on any atom is -0.182 e. The summed E-state index contributed by atoms with van der Waals surface area (Å²) in [6.07, 6.45) is -4.57. The zero-order chi connectivity index (χ0) is 15.2. The number of hydrogen-bond donors (Lipinski definition) is 0. The monoisotopic (exact) mass is 312 g/mol. The van der Waals surface area contributed by atoms with Gasteiger partial charge in [0.15, 0.2) is 0 Å². The molecule has 0 bridgehead atoms. The van der Waals surface area contributed by atoms with Crippen LogP contribution in [-0.2, 0) is 6.18 Å². The molecule has 0 spiro atoms. The molecule has 3 rings (SSSR count). The lowest BCUT2D eigenvalue weighted by molar-refractivity contribution is -0.147. The minimum atomic E-state index is -4.57. The van der Waals surface area contributed by atoms with Crippen molar-refractivity contribution in [1.82, 2.24) is 14.9 Å². The standard InChI is InChI=1S/C13H11F3N4S/c1-7-3-4-9(8(2)5-7)10-6-21-12-18-17-11(13(14,15)16)20(12)19-10/h3-5H,6H2,1-2H3. The van der Waals surface area contributed by atoms with Crippen molar-refractivity contribution in [3.63, 3.8) is 0 Å². The average Bonchev–Trinajstić information content (AvgIpc) is 2.81. The Morgan fingerprint density at radius 2 is 1.95 bits per heavy atom. The fraction of sp³-hybridized carbons (Fsp3) is 0.308. The number of alkyl halides is 3. The van der Waals surface area contributed by atoms with Crippen molar-refractivity contribution < 1.29 is 13.2 Å². The molecule has 0 saturated heterocycles. The molecule has 4 nitrogen and oxygen atoms in total. The predicted molar refractivity (Wildman–Crippen MR) is 73.6 cm³/mol. The number of halogens is 3. The van der Waals surface area contributed by atoms with Gasteiger partial charge in [-0.2, -0.15) is 22.9 Å². The Morgan fingerprint density at radius 3 is 2.62 bits per heavy atom. The molecule has 8 heteroatoms. The smallest absolute Gasteiger partial charge is 0.182 e. The van der Waals surface area contributed by atoms with Crippen molar-refractivity contribution in [2.75, 3.05) is 5.75 Å². The van der Waals surface area contributed by atoms with Crippen molar-refractivity contribution in [3.8, 4) is 0 Å². The van der Waals surface area contributed by atoms with Crippen molar-refractivity contribution in [2.24, 2.45) is 5.10 Å². The van der Waals surface area contributed by atoms with Crippen molar-refractivity contribution in [2.45, 2.75) is 25.2 Å². The van der Waals surface area contributed by atoms with Crippen LogP contribution in [0.1, 0.15) is 22.5 Å². The van der Waals surface area contributed by atoms with Gasteiger partial charge in [0.05, 0.1) is 5.71 Å². The molecule has 0 amide bonds. The lowest BCUT2D eigenvalue weighted by Crippen LogP contribution is -2.19. The predicted octanol–water partition coefficient (Wildman–Crippen LogP) is 3.27. The van der Waals surface area contributed by atoms with Crippen LogP contribution in [-0.4, -0.2) is 26.3 Å². The minimum absolute atomic E-state index is 0.163. The number of rotatable bonds is 1. The molecule has 2 heterocycles. The van der Waals surface area contributed by atoms with Crippen molar-refractivity contribution in [3.05, 3.63) is 40.7 Å². The van der Waals surface area contributed by atoms with E-state index < -0.39 is 12.0 Å². The number of aryl methyl sites for hydroxylation is 2. The third kappa shape index (κ3) is 2.55. The molecule has 0 saturated carbocycles. The van der Waals surface area contributed by atoms with E-state index >= 15 is 0 Å². The molecule has 0 atom stereocenters. The van der Waals surface area contributed by atoms with Crippen LogP contribution in [0.2, 0.25) is 0 Å². The van der Waals surface area contributed by atoms with Gasteiger partial charge < -0.3 is 0 Å². The van der Waals surface area contributed by atoms with Crippen molar-refractivity contribution >= 4 is 17.5 Å². The van der Waals surface area contributed by atoms with E-state index in [0.717, 1.165) is 21.4 Å². The Hall–Kier alpha value is -1.83. The van der Waals surface area contributed by atoms with Gasteiger partial charge in [-0.1, -0.05) is 35.5 Å². The highest BCUT2D eigenvalue weighted by Crippen LogP contribution is 2.33. The third-order valence-electron chi connectivity index (χ3n) is 3.12. The Morgan fingerprint density at radius 1 is 1.19 bits per heavy atom. The second-order valence-corrected chi connectivity index (χ2v) is 5.71. The van der Waals surface area contributed by atoms with Gasteiger partial charge in [-0.25, -0.2) is 0 Å². The Kier molecular flexibility index (Phi) is 3.27. The molecule has 0 aliphatic carbocycles. The fourth-order valence-electron chi connectivity index (χ4n) is 2.17. The Balaban J connectivity index is 2.09. The van der Waals surface area contributed by atoms with Gasteiger partial charge in [0.2, 0.25) is 5.16 Å². The summed E-state index contributed by atoms with van der Waals surface area (Å²) in [5, 5.41) is 11.0. The summed E-state index contributed by atoms with van der Waals surface area (Å²) in [5.74, 6) is -0.619. The molecule has 21 heavy (non-hydrogen) atoms. The van der Waals surface area contributed by atoms with E-state index in [9.17, 15) is 13.2 Å². The van der Waals surface area contributed by atoms with Crippen LogP contribution in [0.3, 0.4) is 0 Å². The molecule has 2 aromatic rings. The second kappa shape index (κ2) is 4.87. The lowest BCUT2D eigenvalue weighted by Gasteiger charge is -2.16. The van der Waals surface area contributed by atoms with Crippen molar-refractivity contribution in [1.29, 1.82) is 0 Å². The maximum atomic E-state index is 12.9. The van der Waals surface area contributed by atoms with E-state index in [1.807, 2.05) is 32.0 Å². The first-order chi connectivity index (χ1) is 9.86. The van der Waals surface area contributed by atoms with E-state index in [1.165, 1.54) is 11.8 Å². The molecule has 110 valence electrons. The number of thioether (sulfide) groups is 1. The summed E-state index contributed by atoms with van der Waals surface area (Å²) in [4.78, 5) is 0. The number of fused-ring (bicyclic) bond motifs is 1. The van der Waals surface area contributed by atoms with E-state index in [4.69, 9.17) is 0 Å². The van der Waals surface area contributed by atoms with E-state index in [1.54, 1.807) is 0 Å². The molecule has 0 fully saturated rings. The average molecular weight is 312 g/mol. The zero-order valence-electron chi connectivity index (χ0n) is 11.3. The van der Waals surface area contributed by atoms with Gasteiger partial charge in [-0.05, 0) is 19.4 Å². The molecule has 1 aromatic heterocycles. The highest BCUT2D eigenvalue weighted by molar-refractivity contribution is 7.99. The first-order valence-electron chi connectivity index (χ1n) is 6.17. The Labute approximate surface area is 123 Å². The van der Waals surface area contributed by atoms with Gasteiger partial charge in [-0.3, -0.25) is 0 Å². The van der Waals surface area contributed by atoms with Crippen LogP contribution in [0.4, 0.5) is 13.2 Å². The summed E-state index contributed by atoms with van der Waals surface area (Å²) in [6, 6.07) is 5.78. The summed E-state index contributed by atoms with van der Waals surface area (Å²) in [5.41, 5.74) is 3.52. The SMILES string of the molecule is Cc1ccc(C2=Nn3c(nnc3C(F)(F)F)SC2)c(C)c1. The van der Waals surface area contributed by atoms with Crippen LogP contribution in [0, 0.1) is 13.8 Å². The first-order valence-corrected chi connectivity index (χ1v) is 7.15. The second-order valence-electron chi connectivity index (χ2n) is 4.77. The molecular weight excluding hydrogens is 301 g/mol. The van der Waals surface area contributed by atoms with Gasteiger partial charge in [0.1, 0.15) is 0 Å². The maximum absolute atomic E-state index is 12.9. The number of nitrogens with zero attached hydrogens (tertiary/aromatic N) is 4. The third-order valence-corrected chi connectivity index (χ3v) is 4.05. The molecule has 1 aliphatic heterocycles. The van der Waals surface area contributed by atoms with Crippen LogP contribution in [0.5, 0.6) is 0 Å². The van der Waals surface area contributed by atoms with E-state index in [2.05, 4.69) is 15.3 Å². The van der Waals surface area contributed by atoms with E-state index in [-0.39, 0.29) is 5.16 Å². The van der Waals surface area contributed by atoms with Gasteiger partial charge >= 0.3 is 6.18 Å². The highest BCUT2D eigenvalue weighted by atomic mass is 32.2. The van der Waals surface area contributed by atoms with Gasteiger partial charge in [0, 0.05) is 11.3 Å². The van der Waals surface area contributed by atoms with Crippen LogP contribution in [0.15, 0.2) is 28.5 Å². The number of benzene rings is 1. The fourth-order valence-corrected chi connectivity index (χ4v) is 3.00. The highest BCUT2D eigenvalue weighted by Gasteiger charge is 2.40. The Bertz CT molecular complexity index is 734. The molecule has 0 radical (unpaired) electrons. The summed E-state index contributed by atoms with van der Waals surface area (Å²) >= 11 is 1.20. The van der Waals surface area contributed by atoms with Gasteiger partial charge in [-0.15, -0.1) is 10.2 Å². The largest absolute Gasteiger partial charge is 0.453 e. The van der Waals surface area contributed by atoms with Crippen LogP contribution < -0.4 is 0 Å². The number of hydrogen-bond acceptors (Lipinski definition) is 4. The topological polar surface area (TPSA) is 43.1 Å². The molecule has 1 aliphatic rings. The first kappa shape index (κ1) is 14.1. The molecule has 0 N–H and O–H groups in total. The summed E-state index contributed by atoms with van der Waals surface area (Å²) < 4.78 is 39.4. The lowest BCUT2D eigenvalue weighted by atomic mass is 10.0. The number of aromatic nitrogens is 3. The zero-order valence-corrected chi connectivity index (χ0v) is 12.1. The quantitative estimate of drug-likeness (QED) is 0.811. The maximum Gasteiger partial charge on any atom is 0.453 e.